The summed E-state index contributed by atoms with van der Waals surface area (Å²) in [5.74, 6) is 8.05. The molecule has 20 rings (SSSR count). The lowest BCUT2D eigenvalue weighted by Gasteiger charge is -2.30. The van der Waals surface area contributed by atoms with Crippen molar-refractivity contribution in [2.24, 2.45) is 21.7 Å². The second-order valence-corrected chi connectivity index (χ2v) is 44.2. The maximum absolute atomic E-state index is 15.0. The van der Waals surface area contributed by atoms with Crippen LogP contribution in [0.2, 0.25) is 0 Å². The van der Waals surface area contributed by atoms with Gasteiger partial charge in [-0.15, -0.1) is 0 Å². The maximum Gasteiger partial charge on any atom is 0.303 e. The molecule has 0 spiro atoms. The van der Waals surface area contributed by atoms with E-state index in [-0.39, 0.29) is 57.3 Å². The summed E-state index contributed by atoms with van der Waals surface area (Å²) in [6.07, 6.45) is 26.7. The number of hydrogen-bond donors (Lipinski definition) is 1. The van der Waals surface area contributed by atoms with Gasteiger partial charge in [0, 0.05) is 22.3 Å². The number of methoxy groups -OCH3 is 4. The summed E-state index contributed by atoms with van der Waals surface area (Å²) in [7, 11) is 6.47. The van der Waals surface area contributed by atoms with Gasteiger partial charge in [0.05, 0.1) is 34.9 Å². The van der Waals surface area contributed by atoms with Gasteiger partial charge in [0.25, 0.3) is 0 Å². The van der Waals surface area contributed by atoms with E-state index in [0.29, 0.717) is 113 Å². The highest BCUT2D eigenvalue weighted by Gasteiger charge is 2.43. The molecule has 0 saturated heterocycles. The van der Waals surface area contributed by atoms with Crippen LogP contribution in [0.5, 0.6) is 46.0 Å². The quantitative estimate of drug-likeness (QED) is 0.0455. The van der Waals surface area contributed by atoms with Gasteiger partial charge in [-0.2, -0.15) is 0 Å². The number of benzene rings is 12. The van der Waals surface area contributed by atoms with E-state index in [1.165, 1.54) is 176 Å². The molecule has 0 radical (unpaired) electrons. The number of ether oxygens (including phenoxy) is 8. The molecular formula is C128H146F4O10. The molecule has 0 amide bonds. The molecule has 14 heteroatoms. The van der Waals surface area contributed by atoms with Crippen molar-refractivity contribution in [3.63, 3.8) is 0 Å². The Labute approximate surface area is 841 Å². The molecule has 4 fully saturated rings. The van der Waals surface area contributed by atoms with Crippen molar-refractivity contribution < 1.29 is 65.4 Å². The highest BCUT2D eigenvalue weighted by molar-refractivity contribution is 5.75. The average Bonchev–Trinajstić information content (AvgIpc) is 1.56. The van der Waals surface area contributed by atoms with Crippen LogP contribution in [-0.2, 0) is 56.9 Å². The van der Waals surface area contributed by atoms with Crippen molar-refractivity contribution in [1.29, 1.82) is 0 Å². The van der Waals surface area contributed by atoms with E-state index in [2.05, 4.69) is 197 Å². The van der Waals surface area contributed by atoms with Crippen molar-refractivity contribution in [3.05, 3.63) is 331 Å². The Hall–Kier alpha value is -11.8. The number of carboxylic acids is 1. The Kier molecular flexibility index (Phi) is 31.7. The van der Waals surface area contributed by atoms with E-state index in [0.717, 1.165) is 130 Å². The fourth-order valence-electron chi connectivity index (χ4n) is 25.3. The maximum atomic E-state index is 15.0. The normalized spacial score (nSPS) is 20.4. The van der Waals surface area contributed by atoms with Crippen LogP contribution in [0.15, 0.2) is 218 Å². The topological polar surface area (TPSA) is 111 Å². The first-order valence-corrected chi connectivity index (χ1v) is 52.5. The Morgan fingerprint density at radius 1 is 0.275 bits per heavy atom. The summed E-state index contributed by atoms with van der Waals surface area (Å²) in [6.45, 7) is 27.4. The zero-order valence-corrected chi connectivity index (χ0v) is 86.3. The molecule has 0 bridgehead atoms. The van der Waals surface area contributed by atoms with E-state index in [9.17, 15) is 9.90 Å². The molecular weight excluding hydrogens is 1770 g/mol. The highest BCUT2D eigenvalue weighted by Crippen LogP contribution is 2.57. The second-order valence-electron chi connectivity index (χ2n) is 44.2. The minimum atomic E-state index is -0.765. The Morgan fingerprint density at radius 2 is 0.500 bits per heavy atom. The SMILES string of the molecule is CC[C@@H]1CCc2ccc(OCc3ccc(-c4cc(OC)ccc4F)c([C@@H]4CCCC4(C)C)c3)cc21.CC[C@@H]1CCc2ccc(OCc3ccc(-c4cc(OC)ccc4F)c([C@H]4CCCC4(C)C)c3)cc21.CC[C@H]1CCc2ccc(OCc3ccc(-c4cc(OC)ccc4F)c([C@H]4CCCC4(C)C)c3)cc21.COc1ccc(F)c(-c2ccc(COc3ccc4c(c3)[C@@H](CC(=O)O)CC4)cc2[C@@H]2CCCC2(C)C)c1. The molecule has 746 valence electrons. The average molecular weight is 1920 g/mol. The molecule has 8 atom stereocenters. The number of aryl methyl sites for hydroxylation is 4. The van der Waals surface area contributed by atoms with Crippen LogP contribution < -0.4 is 37.9 Å². The number of carbonyl (C=O) groups is 1. The van der Waals surface area contributed by atoms with Gasteiger partial charge in [-0.05, 0) is 424 Å². The van der Waals surface area contributed by atoms with E-state index in [1.54, 1.807) is 58.8 Å². The number of carboxylic acid groups (broad SMARTS) is 1. The lowest BCUT2D eigenvalue weighted by atomic mass is 9.75. The second kappa shape index (κ2) is 44.2. The van der Waals surface area contributed by atoms with Crippen molar-refractivity contribution in [3.8, 4) is 90.5 Å². The minimum Gasteiger partial charge on any atom is -0.497 e. The number of rotatable bonds is 29. The Bertz CT molecular complexity index is 6040. The van der Waals surface area contributed by atoms with E-state index < -0.39 is 5.97 Å². The molecule has 0 aromatic heterocycles. The third-order valence-electron chi connectivity index (χ3n) is 33.6. The monoisotopic (exact) mass is 1920 g/mol. The summed E-state index contributed by atoms with van der Waals surface area (Å²) in [4.78, 5) is 11.3. The third kappa shape index (κ3) is 22.7. The van der Waals surface area contributed by atoms with Crippen LogP contribution in [0.1, 0.15) is 341 Å². The fraction of sp³-hybridized carbons (Fsp3) is 0.430. The van der Waals surface area contributed by atoms with Gasteiger partial charge in [0.2, 0.25) is 0 Å². The molecule has 0 heterocycles. The molecule has 4 saturated carbocycles. The summed E-state index contributed by atoms with van der Waals surface area (Å²) >= 11 is 0. The van der Waals surface area contributed by atoms with Gasteiger partial charge in [-0.1, -0.05) is 199 Å². The first-order valence-electron chi connectivity index (χ1n) is 52.5. The molecule has 12 aromatic rings. The molecule has 8 aliphatic rings. The van der Waals surface area contributed by atoms with Gasteiger partial charge in [0.15, 0.2) is 0 Å². The Balaban J connectivity index is 0.000000130. The number of fused-ring (bicyclic) bond motifs is 4. The molecule has 8 aliphatic carbocycles. The zero-order chi connectivity index (χ0) is 99.9. The lowest BCUT2D eigenvalue weighted by Crippen LogP contribution is -2.17. The zero-order valence-electron chi connectivity index (χ0n) is 86.3. The molecule has 10 nitrogen and oxygen atoms in total. The van der Waals surface area contributed by atoms with Crippen LogP contribution in [0.4, 0.5) is 17.6 Å². The number of hydrogen-bond acceptors (Lipinski definition) is 9. The van der Waals surface area contributed by atoms with E-state index in [1.807, 2.05) is 42.5 Å². The van der Waals surface area contributed by atoms with Crippen molar-refractivity contribution in [1.82, 2.24) is 0 Å². The van der Waals surface area contributed by atoms with Crippen LogP contribution in [-0.4, -0.2) is 39.5 Å². The van der Waals surface area contributed by atoms with Gasteiger partial charge >= 0.3 is 5.97 Å². The predicted molar refractivity (Wildman–Crippen MR) is 566 cm³/mol. The van der Waals surface area contributed by atoms with Crippen LogP contribution in [0.25, 0.3) is 44.5 Å². The highest BCUT2D eigenvalue weighted by atomic mass is 19.1. The van der Waals surface area contributed by atoms with Crippen molar-refractivity contribution in [2.75, 3.05) is 28.4 Å². The van der Waals surface area contributed by atoms with Crippen LogP contribution >= 0.6 is 0 Å². The first kappa shape index (κ1) is 102. The lowest BCUT2D eigenvalue weighted by molar-refractivity contribution is -0.137. The summed E-state index contributed by atoms with van der Waals surface area (Å²) in [5.41, 5.74) is 27.2. The van der Waals surface area contributed by atoms with Crippen LogP contribution in [0.3, 0.4) is 0 Å². The summed E-state index contributed by atoms with van der Waals surface area (Å²) in [5, 5.41) is 9.26. The molecule has 0 unspecified atom stereocenters. The predicted octanol–water partition coefficient (Wildman–Crippen LogP) is 34.3. The van der Waals surface area contributed by atoms with Gasteiger partial charge < -0.3 is 43.0 Å². The van der Waals surface area contributed by atoms with Crippen molar-refractivity contribution >= 4 is 5.97 Å². The van der Waals surface area contributed by atoms with E-state index in [4.69, 9.17) is 37.9 Å². The summed E-state index contributed by atoms with van der Waals surface area (Å²) in [6, 6.07) is 71.2. The molecule has 0 aliphatic heterocycles. The third-order valence-corrected chi connectivity index (χ3v) is 33.6. The first-order chi connectivity index (χ1) is 68.4. The smallest absolute Gasteiger partial charge is 0.303 e. The number of aliphatic carboxylic acids is 1. The van der Waals surface area contributed by atoms with Gasteiger partial charge in [-0.25, -0.2) is 17.6 Å². The largest absolute Gasteiger partial charge is 0.497 e. The minimum absolute atomic E-state index is 0.0456. The standard InChI is InChI=1S/C32H35FO4.3C32H37FO2/c1-32(2)14-4-5-29(32)27-15-20(6-12-25(27)28-17-23(36-3)11-13-30(28)33)19-37-24-10-9-21-7-8-22(16-31(34)35)26(21)18-24;3*1-5-22-9-10-23-11-12-25(19-27(22)23)35-20-21-8-14-26(29-18-24(34-4)13-15-31(29)33)28(17-21)30-7-6-16-32(30,2)3/h6,9-13,15,17-18,22,29H,4-5,7-8,14,16,19H2,1-3H3,(H,34,35);3*8,11-15,17-19,22,30H,5-7,9-10,16,20H2,1-4H3/t22-,29+;2*22-,30+;22-,30-/m1101/s1. The number of halogens is 4. The molecule has 1 N–H and O–H groups in total. The molecule has 142 heavy (non-hydrogen) atoms. The van der Waals surface area contributed by atoms with Gasteiger partial charge in [-0.3, -0.25) is 4.79 Å². The summed E-state index contributed by atoms with van der Waals surface area (Å²) < 4.78 is 107. The fourth-order valence-corrected chi connectivity index (χ4v) is 25.3. The Morgan fingerprint density at radius 3 is 0.711 bits per heavy atom. The van der Waals surface area contributed by atoms with E-state index >= 15 is 17.6 Å². The van der Waals surface area contributed by atoms with Crippen molar-refractivity contribution in [2.45, 2.75) is 304 Å². The van der Waals surface area contributed by atoms with Crippen LogP contribution in [0, 0.1) is 44.9 Å². The van der Waals surface area contributed by atoms with Gasteiger partial charge in [0.1, 0.15) is 95.7 Å². The molecule has 12 aromatic carbocycles.